The van der Waals surface area contributed by atoms with Gasteiger partial charge < -0.3 is 14.0 Å². The number of aryl methyl sites for hydroxylation is 2. The second-order valence-electron chi connectivity index (χ2n) is 9.21. The molecule has 39 heavy (non-hydrogen) atoms. The third-order valence-electron chi connectivity index (χ3n) is 5.79. The number of anilines is 1. The number of hydrogen-bond acceptors (Lipinski definition) is 12. The van der Waals surface area contributed by atoms with Crippen molar-refractivity contribution < 1.29 is 22.4 Å². The average Bonchev–Trinajstić information content (AvgIpc) is 3.53. The van der Waals surface area contributed by atoms with E-state index in [2.05, 4.69) is 40.0 Å². The van der Waals surface area contributed by atoms with Crippen LogP contribution in [-0.4, -0.2) is 66.7 Å². The number of nitrogens with one attached hydrogen (secondary N) is 1. The maximum atomic E-state index is 13.7. The Labute approximate surface area is 226 Å². The fourth-order valence-corrected chi connectivity index (χ4v) is 4.85. The minimum atomic E-state index is -4.12. The molecule has 4 rings (SSSR count). The quantitative estimate of drug-likeness (QED) is 0.286. The summed E-state index contributed by atoms with van der Waals surface area (Å²) in [5.74, 6) is 1.47. The standard InChI is InChI=1S/C24H31N9O5S/c1-13(2)37-20(22-25-11-14(3)12-26-22)16(5)39(34,35)32-24-30-29-23(18-9-8-10-19(28-18)36-7)33(24)15(4)21-27-17(6)38-31-21/h8-13,15-16,20H,1-7H3,(H,30,32). The lowest BCUT2D eigenvalue weighted by Gasteiger charge is -2.25. The summed E-state index contributed by atoms with van der Waals surface area (Å²) in [7, 11) is -2.62. The summed E-state index contributed by atoms with van der Waals surface area (Å²) in [5, 5.41) is 11.3. The molecule has 0 fully saturated rings. The molecule has 0 amide bonds. The highest BCUT2D eigenvalue weighted by Gasteiger charge is 2.36. The Bertz CT molecular complexity index is 1520. The van der Waals surface area contributed by atoms with Crippen molar-refractivity contribution in [1.29, 1.82) is 0 Å². The number of hydrogen-bond donors (Lipinski definition) is 1. The van der Waals surface area contributed by atoms with Crippen LogP contribution in [0.1, 0.15) is 62.9 Å². The van der Waals surface area contributed by atoms with E-state index in [-0.39, 0.29) is 23.7 Å². The second kappa shape index (κ2) is 11.4. The number of ether oxygens (including phenoxy) is 2. The van der Waals surface area contributed by atoms with Crippen LogP contribution in [0.3, 0.4) is 0 Å². The fraction of sp³-hybridized carbons (Fsp3) is 0.458. The van der Waals surface area contributed by atoms with E-state index in [4.69, 9.17) is 14.0 Å². The lowest BCUT2D eigenvalue weighted by Crippen LogP contribution is -2.35. The Morgan fingerprint density at radius 3 is 2.33 bits per heavy atom. The monoisotopic (exact) mass is 557 g/mol. The van der Waals surface area contributed by atoms with Gasteiger partial charge in [0, 0.05) is 25.4 Å². The Hall–Kier alpha value is -3.98. The number of methoxy groups -OCH3 is 1. The predicted octanol–water partition coefficient (Wildman–Crippen LogP) is 3.04. The van der Waals surface area contributed by atoms with Gasteiger partial charge in [0.15, 0.2) is 17.5 Å². The minimum absolute atomic E-state index is 0.0652. The number of nitrogens with zero attached hydrogens (tertiary/aromatic N) is 8. The molecule has 4 aromatic heterocycles. The zero-order valence-corrected chi connectivity index (χ0v) is 23.5. The fourth-order valence-electron chi connectivity index (χ4n) is 3.76. The summed E-state index contributed by atoms with van der Waals surface area (Å²) in [6.07, 6.45) is 2.00. The number of sulfonamides is 1. The van der Waals surface area contributed by atoms with Crippen molar-refractivity contribution in [2.24, 2.45) is 0 Å². The average molecular weight is 558 g/mol. The van der Waals surface area contributed by atoms with Gasteiger partial charge in [-0.2, -0.15) is 4.98 Å². The summed E-state index contributed by atoms with van der Waals surface area (Å²) in [4.78, 5) is 17.4. The molecular formula is C24H31N9O5S. The summed E-state index contributed by atoms with van der Waals surface area (Å²) in [5.41, 5.74) is 1.25. The van der Waals surface area contributed by atoms with Gasteiger partial charge in [-0.15, -0.1) is 10.2 Å². The van der Waals surface area contributed by atoms with Gasteiger partial charge in [0.2, 0.25) is 27.7 Å². The van der Waals surface area contributed by atoms with Gasteiger partial charge in [0.25, 0.3) is 0 Å². The molecule has 15 heteroatoms. The molecule has 14 nitrogen and oxygen atoms in total. The molecule has 0 radical (unpaired) electrons. The predicted molar refractivity (Wildman–Crippen MR) is 140 cm³/mol. The van der Waals surface area contributed by atoms with Gasteiger partial charge in [-0.1, -0.05) is 11.2 Å². The van der Waals surface area contributed by atoms with Crippen molar-refractivity contribution in [2.45, 2.75) is 65.0 Å². The van der Waals surface area contributed by atoms with Crippen LogP contribution < -0.4 is 9.46 Å². The molecule has 0 aromatic carbocycles. The van der Waals surface area contributed by atoms with Gasteiger partial charge in [0.1, 0.15) is 17.0 Å². The Kier molecular flexibility index (Phi) is 8.20. The van der Waals surface area contributed by atoms with E-state index in [1.807, 2.05) is 20.8 Å². The highest BCUT2D eigenvalue weighted by Crippen LogP contribution is 2.31. The van der Waals surface area contributed by atoms with Crippen LogP contribution in [0.15, 0.2) is 35.1 Å². The molecule has 1 N–H and O–H groups in total. The number of pyridine rings is 1. The molecule has 0 saturated carbocycles. The maximum absolute atomic E-state index is 13.7. The Balaban J connectivity index is 1.75. The molecule has 4 aromatic rings. The van der Waals surface area contributed by atoms with Crippen LogP contribution in [0, 0.1) is 13.8 Å². The zero-order valence-electron chi connectivity index (χ0n) is 22.7. The first-order valence-corrected chi connectivity index (χ1v) is 13.8. The third-order valence-corrected chi connectivity index (χ3v) is 7.48. The van der Waals surface area contributed by atoms with Crippen molar-refractivity contribution in [3.05, 3.63) is 53.7 Å². The van der Waals surface area contributed by atoms with Crippen LogP contribution in [0.2, 0.25) is 0 Å². The smallest absolute Gasteiger partial charge is 0.240 e. The van der Waals surface area contributed by atoms with Crippen LogP contribution in [-0.2, 0) is 14.8 Å². The van der Waals surface area contributed by atoms with Crippen molar-refractivity contribution in [2.75, 3.05) is 11.8 Å². The molecule has 0 saturated heterocycles. The summed E-state index contributed by atoms with van der Waals surface area (Å²) in [6, 6.07) is 4.50. The van der Waals surface area contributed by atoms with E-state index in [0.29, 0.717) is 23.3 Å². The molecular weight excluding hydrogens is 526 g/mol. The van der Waals surface area contributed by atoms with Crippen LogP contribution in [0.4, 0.5) is 5.95 Å². The summed E-state index contributed by atoms with van der Waals surface area (Å²) >= 11 is 0. The SMILES string of the molecule is COc1cccc(-c2nnc(NS(=O)(=O)C(C)C(OC(C)C)c3ncc(C)cn3)n2C(C)c2noc(C)n2)n1. The zero-order chi connectivity index (χ0) is 28.3. The topological polar surface area (TPSA) is 173 Å². The first-order chi connectivity index (χ1) is 18.5. The maximum Gasteiger partial charge on any atom is 0.240 e. The molecule has 0 bridgehead atoms. The van der Waals surface area contributed by atoms with Gasteiger partial charge in [-0.05, 0) is 46.2 Å². The molecule has 0 aliphatic rings. The molecule has 208 valence electrons. The van der Waals surface area contributed by atoms with Gasteiger partial charge in [0.05, 0.1) is 19.3 Å². The van der Waals surface area contributed by atoms with Crippen LogP contribution >= 0.6 is 0 Å². The van der Waals surface area contributed by atoms with E-state index in [1.54, 1.807) is 44.4 Å². The third kappa shape index (κ3) is 6.20. The lowest BCUT2D eigenvalue weighted by molar-refractivity contribution is 0.00152. The first-order valence-electron chi connectivity index (χ1n) is 12.2. The van der Waals surface area contributed by atoms with Crippen LogP contribution in [0.25, 0.3) is 11.5 Å². The van der Waals surface area contributed by atoms with E-state index in [0.717, 1.165) is 5.56 Å². The normalized spacial score (nSPS) is 14.3. The highest BCUT2D eigenvalue weighted by molar-refractivity contribution is 7.93. The van der Waals surface area contributed by atoms with Gasteiger partial charge in [-0.25, -0.2) is 23.4 Å². The molecule has 3 atom stereocenters. The summed E-state index contributed by atoms with van der Waals surface area (Å²) in [6.45, 7) is 10.4. The van der Waals surface area contributed by atoms with Crippen molar-refractivity contribution >= 4 is 16.0 Å². The molecule has 0 aliphatic heterocycles. The molecule has 3 unspecified atom stereocenters. The van der Waals surface area contributed by atoms with E-state index in [1.165, 1.54) is 18.6 Å². The van der Waals surface area contributed by atoms with Crippen LogP contribution in [0.5, 0.6) is 5.88 Å². The van der Waals surface area contributed by atoms with Crippen molar-refractivity contribution in [3.63, 3.8) is 0 Å². The van der Waals surface area contributed by atoms with Crippen molar-refractivity contribution in [3.8, 4) is 17.4 Å². The molecule has 0 aliphatic carbocycles. The van der Waals surface area contributed by atoms with E-state index < -0.39 is 27.4 Å². The molecule has 4 heterocycles. The van der Waals surface area contributed by atoms with Gasteiger partial charge >= 0.3 is 0 Å². The summed E-state index contributed by atoms with van der Waals surface area (Å²) < 4.78 is 47.9. The number of aromatic nitrogens is 8. The highest BCUT2D eigenvalue weighted by atomic mass is 32.2. The Morgan fingerprint density at radius 1 is 1.00 bits per heavy atom. The largest absolute Gasteiger partial charge is 0.481 e. The number of rotatable bonds is 11. The van der Waals surface area contributed by atoms with Crippen molar-refractivity contribution in [1.82, 2.24) is 39.9 Å². The molecule has 0 spiro atoms. The second-order valence-corrected chi connectivity index (χ2v) is 11.2. The Morgan fingerprint density at radius 2 is 1.72 bits per heavy atom. The lowest BCUT2D eigenvalue weighted by atomic mass is 10.2. The first kappa shape index (κ1) is 28.0. The van der Waals surface area contributed by atoms with Gasteiger partial charge in [-0.3, -0.25) is 9.29 Å². The minimum Gasteiger partial charge on any atom is -0.481 e. The van der Waals surface area contributed by atoms with E-state index in [9.17, 15) is 8.42 Å². The van der Waals surface area contributed by atoms with E-state index >= 15 is 0 Å².